The molecule has 10 heavy (non-hydrogen) atoms. The summed E-state index contributed by atoms with van der Waals surface area (Å²) in [6, 6.07) is 0.794. The van der Waals surface area contributed by atoms with Gasteiger partial charge in [0, 0.05) is 6.04 Å². The highest BCUT2D eigenvalue weighted by molar-refractivity contribution is 4.73. The smallest absolute Gasteiger partial charge is 0.00895 e. The lowest BCUT2D eigenvalue weighted by Crippen LogP contribution is -2.32. The molecule has 1 aliphatic heterocycles. The highest BCUT2D eigenvalue weighted by Gasteiger charge is 2.18. The summed E-state index contributed by atoms with van der Waals surface area (Å²) in [6.07, 6.45) is 4.24. The predicted molar refractivity (Wildman–Crippen MR) is 45.1 cm³/mol. The molecule has 1 heteroatoms. The third-order valence-corrected chi connectivity index (χ3v) is 2.94. The van der Waals surface area contributed by atoms with Crippen molar-refractivity contribution in [3.63, 3.8) is 0 Å². The number of hydrogen-bond acceptors (Lipinski definition) is 1. The molecule has 0 aliphatic carbocycles. The first-order valence-corrected chi connectivity index (χ1v) is 4.42. The zero-order valence-electron chi connectivity index (χ0n) is 7.43. The lowest BCUT2D eigenvalue weighted by molar-refractivity contribution is 0.218. The largest absolute Gasteiger partial charge is 0.303 e. The Morgan fingerprint density at radius 2 is 1.90 bits per heavy atom. The van der Waals surface area contributed by atoms with Crippen LogP contribution in [0.4, 0.5) is 0 Å². The van der Waals surface area contributed by atoms with Crippen molar-refractivity contribution >= 4 is 0 Å². The van der Waals surface area contributed by atoms with Gasteiger partial charge < -0.3 is 4.90 Å². The third-order valence-electron chi connectivity index (χ3n) is 2.94. The van der Waals surface area contributed by atoms with Crippen LogP contribution in [0.3, 0.4) is 0 Å². The highest BCUT2D eigenvalue weighted by Crippen LogP contribution is 2.20. The first-order chi connectivity index (χ1) is 4.72. The molecule has 0 radical (unpaired) electrons. The lowest BCUT2D eigenvalue weighted by Gasteiger charge is -2.26. The van der Waals surface area contributed by atoms with E-state index in [0.29, 0.717) is 0 Å². The summed E-state index contributed by atoms with van der Waals surface area (Å²) in [5.41, 5.74) is 0. The molecule has 1 saturated heterocycles. The summed E-state index contributed by atoms with van der Waals surface area (Å²) >= 11 is 0. The van der Waals surface area contributed by atoms with Crippen LogP contribution in [0.25, 0.3) is 0 Å². The number of hydrogen-bond donors (Lipinski definition) is 0. The van der Waals surface area contributed by atoms with E-state index in [1.165, 1.54) is 25.8 Å². The molecular formula is C9H19N. The Labute approximate surface area is 64.4 Å². The normalized spacial score (nSPS) is 37.5. The number of rotatable bonds is 0. The van der Waals surface area contributed by atoms with Gasteiger partial charge >= 0.3 is 0 Å². The van der Waals surface area contributed by atoms with Crippen LogP contribution in [0, 0.1) is 5.92 Å². The van der Waals surface area contributed by atoms with Crippen LogP contribution >= 0.6 is 0 Å². The Morgan fingerprint density at radius 3 is 2.60 bits per heavy atom. The van der Waals surface area contributed by atoms with Gasteiger partial charge in [0.25, 0.3) is 0 Å². The summed E-state index contributed by atoms with van der Waals surface area (Å²) in [6.45, 7) is 6.01. The van der Waals surface area contributed by atoms with E-state index in [1.807, 2.05) is 0 Å². The van der Waals surface area contributed by atoms with Crippen molar-refractivity contribution in [2.24, 2.45) is 5.92 Å². The lowest BCUT2D eigenvalue weighted by atomic mass is 9.99. The van der Waals surface area contributed by atoms with Crippen molar-refractivity contribution in [2.45, 2.75) is 39.2 Å². The maximum Gasteiger partial charge on any atom is 0.00895 e. The first-order valence-electron chi connectivity index (χ1n) is 4.42. The van der Waals surface area contributed by atoms with E-state index in [0.717, 1.165) is 12.0 Å². The Bertz CT molecular complexity index is 88.9. The minimum absolute atomic E-state index is 0.794. The van der Waals surface area contributed by atoms with Gasteiger partial charge in [0.05, 0.1) is 0 Å². The van der Waals surface area contributed by atoms with Gasteiger partial charge in [0.15, 0.2) is 0 Å². The minimum atomic E-state index is 0.794. The molecule has 0 amide bonds. The molecule has 0 N–H and O–H groups in total. The second kappa shape index (κ2) is 3.38. The van der Waals surface area contributed by atoms with E-state index in [9.17, 15) is 0 Å². The molecule has 1 fully saturated rings. The van der Waals surface area contributed by atoms with E-state index >= 15 is 0 Å². The zero-order valence-corrected chi connectivity index (χ0v) is 7.43. The zero-order chi connectivity index (χ0) is 7.56. The van der Waals surface area contributed by atoms with Crippen molar-refractivity contribution < 1.29 is 0 Å². The third kappa shape index (κ3) is 1.72. The fraction of sp³-hybridized carbons (Fsp3) is 1.00. The molecule has 0 aromatic rings. The molecule has 2 atom stereocenters. The Morgan fingerprint density at radius 1 is 1.20 bits per heavy atom. The number of nitrogens with zero attached hydrogens (tertiary/aromatic N) is 1. The van der Waals surface area contributed by atoms with Crippen LogP contribution in [-0.4, -0.2) is 24.5 Å². The molecule has 1 heterocycles. The maximum atomic E-state index is 2.48. The van der Waals surface area contributed by atoms with E-state index in [-0.39, 0.29) is 0 Å². The van der Waals surface area contributed by atoms with Crippen molar-refractivity contribution in [1.82, 2.24) is 4.90 Å². The van der Waals surface area contributed by atoms with Crippen LogP contribution in [0.5, 0.6) is 0 Å². The van der Waals surface area contributed by atoms with Crippen molar-refractivity contribution in [1.29, 1.82) is 0 Å². The van der Waals surface area contributed by atoms with Gasteiger partial charge in [-0.3, -0.25) is 0 Å². The van der Waals surface area contributed by atoms with Crippen LogP contribution in [0.2, 0.25) is 0 Å². The van der Waals surface area contributed by atoms with Crippen molar-refractivity contribution in [2.75, 3.05) is 13.6 Å². The molecule has 0 bridgehead atoms. The Hall–Kier alpha value is -0.0400. The Kier molecular flexibility index (Phi) is 2.72. The summed E-state index contributed by atoms with van der Waals surface area (Å²) in [5.74, 6) is 0.896. The van der Waals surface area contributed by atoms with Gasteiger partial charge in [-0.05, 0) is 39.3 Å². The summed E-state index contributed by atoms with van der Waals surface area (Å²) in [7, 11) is 2.24. The molecule has 0 spiro atoms. The van der Waals surface area contributed by atoms with Crippen LogP contribution in [-0.2, 0) is 0 Å². The van der Waals surface area contributed by atoms with E-state index < -0.39 is 0 Å². The van der Waals surface area contributed by atoms with Crippen LogP contribution in [0.15, 0.2) is 0 Å². The average molecular weight is 141 g/mol. The SMILES string of the molecule is C[C@@H]1CCCCN(C)[C@H]1C. The van der Waals surface area contributed by atoms with Gasteiger partial charge in [0.2, 0.25) is 0 Å². The number of likely N-dealkylation sites (tertiary alicyclic amines) is 1. The fourth-order valence-corrected chi connectivity index (χ4v) is 1.71. The van der Waals surface area contributed by atoms with Crippen LogP contribution in [0.1, 0.15) is 33.1 Å². The summed E-state index contributed by atoms with van der Waals surface area (Å²) < 4.78 is 0. The van der Waals surface area contributed by atoms with Gasteiger partial charge in [-0.15, -0.1) is 0 Å². The van der Waals surface area contributed by atoms with Gasteiger partial charge in [-0.1, -0.05) is 13.3 Å². The van der Waals surface area contributed by atoms with E-state index in [1.54, 1.807) is 0 Å². The fourth-order valence-electron chi connectivity index (χ4n) is 1.71. The molecule has 60 valence electrons. The van der Waals surface area contributed by atoms with Gasteiger partial charge in [0.1, 0.15) is 0 Å². The quantitative estimate of drug-likeness (QED) is 0.499. The molecule has 0 aromatic carbocycles. The Balaban J connectivity index is 2.46. The van der Waals surface area contributed by atoms with Crippen molar-refractivity contribution in [3.05, 3.63) is 0 Å². The summed E-state index contributed by atoms with van der Waals surface area (Å²) in [5, 5.41) is 0. The molecule has 1 nitrogen and oxygen atoms in total. The van der Waals surface area contributed by atoms with E-state index in [4.69, 9.17) is 0 Å². The van der Waals surface area contributed by atoms with Crippen LogP contribution < -0.4 is 0 Å². The van der Waals surface area contributed by atoms with Crippen molar-refractivity contribution in [3.8, 4) is 0 Å². The highest BCUT2D eigenvalue weighted by atomic mass is 15.1. The second-order valence-corrected chi connectivity index (χ2v) is 3.69. The summed E-state index contributed by atoms with van der Waals surface area (Å²) in [4.78, 5) is 2.48. The monoisotopic (exact) mass is 141 g/mol. The molecular weight excluding hydrogens is 122 g/mol. The topological polar surface area (TPSA) is 3.24 Å². The molecule has 1 rings (SSSR count). The average Bonchev–Trinajstić information content (AvgIpc) is 2.04. The first kappa shape index (κ1) is 8.06. The molecule has 0 saturated carbocycles. The maximum absolute atomic E-state index is 2.48. The van der Waals surface area contributed by atoms with Gasteiger partial charge in [-0.25, -0.2) is 0 Å². The minimum Gasteiger partial charge on any atom is -0.303 e. The molecule has 0 aromatic heterocycles. The molecule has 0 unspecified atom stereocenters. The standard InChI is InChI=1S/C9H19N/c1-8-6-4-5-7-10(3)9(8)2/h8-9H,4-7H2,1-3H3/t8-,9+/m1/s1. The predicted octanol–water partition coefficient (Wildman–Crippen LogP) is 2.13. The molecule has 1 aliphatic rings. The van der Waals surface area contributed by atoms with E-state index in [2.05, 4.69) is 25.8 Å². The second-order valence-electron chi connectivity index (χ2n) is 3.69. The van der Waals surface area contributed by atoms with Gasteiger partial charge in [-0.2, -0.15) is 0 Å².